The van der Waals surface area contributed by atoms with Crippen LogP contribution in [0.3, 0.4) is 0 Å². The van der Waals surface area contributed by atoms with E-state index in [1.807, 2.05) is 65.3 Å². The van der Waals surface area contributed by atoms with E-state index in [9.17, 15) is 9.59 Å². The summed E-state index contributed by atoms with van der Waals surface area (Å²) in [6.45, 7) is 6.09. The summed E-state index contributed by atoms with van der Waals surface area (Å²) < 4.78 is 0. The third-order valence-corrected chi connectivity index (χ3v) is 5.48. The van der Waals surface area contributed by atoms with Crippen LogP contribution in [0.2, 0.25) is 0 Å². The Kier molecular flexibility index (Phi) is 6.03. The number of hydrogen-bond donors (Lipinski definition) is 1. The van der Waals surface area contributed by atoms with E-state index in [1.165, 1.54) is 5.56 Å². The van der Waals surface area contributed by atoms with E-state index in [0.717, 1.165) is 29.8 Å². The summed E-state index contributed by atoms with van der Waals surface area (Å²) in [5.41, 5.74) is 5.55. The first-order valence-electron chi connectivity index (χ1n) is 10.6. The smallest absolute Gasteiger partial charge is 0.322 e. The van der Waals surface area contributed by atoms with Gasteiger partial charge in [-0.1, -0.05) is 47.5 Å². The second-order valence-corrected chi connectivity index (χ2v) is 8.07. The standard InChI is InChI=1S/C26H27N3O2/c1-19-6-3-8-21(16-19)18-28-14-5-15-29(26(28)31)24-12-10-23(11-13-24)27-25(30)22-9-4-7-20(2)17-22/h3-4,6-13,16-17H,5,14-15,18H2,1-2H3,(H,27,30). The molecule has 5 nitrogen and oxygen atoms in total. The number of nitrogens with zero attached hydrogens (tertiary/aromatic N) is 2. The third-order valence-electron chi connectivity index (χ3n) is 5.48. The van der Waals surface area contributed by atoms with Crippen LogP contribution in [0, 0.1) is 13.8 Å². The monoisotopic (exact) mass is 413 g/mol. The minimum absolute atomic E-state index is 0.0179. The maximum absolute atomic E-state index is 13.1. The average molecular weight is 414 g/mol. The first-order valence-corrected chi connectivity index (χ1v) is 10.6. The number of aryl methyl sites for hydroxylation is 2. The molecule has 0 bridgehead atoms. The van der Waals surface area contributed by atoms with E-state index in [0.29, 0.717) is 24.3 Å². The number of benzene rings is 3. The van der Waals surface area contributed by atoms with Gasteiger partial charge in [0.2, 0.25) is 0 Å². The molecule has 1 N–H and O–H groups in total. The number of nitrogens with one attached hydrogen (secondary N) is 1. The van der Waals surface area contributed by atoms with Crippen LogP contribution in [-0.4, -0.2) is 29.9 Å². The first kappa shape index (κ1) is 20.7. The van der Waals surface area contributed by atoms with Crippen molar-refractivity contribution in [3.63, 3.8) is 0 Å². The summed E-state index contributed by atoms with van der Waals surface area (Å²) in [7, 11) is 0. The summed E-state index contributed by atoms with van der Waals surface area (Å²) in [6.07, 6.45) is 0.920. The summed E-state index contributed by atoms with van der Waals surface area (Å²) >= 11 is 0. The van der Waals surface area contributed by atoms with Crippen LogP contribution < -0.4 is 10.2 Å². The molecular formula is C26H27N3O2. The van der Waals surface area contributed by atoms with Crippen LogP contribution in [0.1, 0.15) is 33.5 Å². The van der Waals surface area contributed by atoms with Gasteiger partial charge in [0.15, 0.2) is 0 Å². The Labute approximate surface area is 183 Å². The Bertz CT molecular complexity index is 1090. The van der Waals surface area contributed by atoms with Gasteiger partial charge in [-0.25, -0.2) is 4.79 Å². The van der Waals surface area contributed by atoms with Gasteiger partial charge < -0.3 is 10.2 Å². The van der Waals surface area contributed by atoms with Gasteiger partial charge in [0, 0.05) is 36.6 Å². The highest BCUT2D eigenvalue weighted by atomic mass is 16.2. The molecule has 5 heteroatoms. The fourth-order valence-corrected chi connectivity index (χ4v) is 3.91. The normalized spacial score (nSPS) is 13.9. The summed E-state index contributed by atoms with van der Waals surface area (Å²) in [5, 5.41) is 2.92. The van der Waals surface area contributed by atoms with Gasteiger partial charge in [-0.05, 0) is 62.2 Å². The highest BCUT2D eigenvalue weighted by Gasteiger charge is 2.26. The third kappa shape index (κ3) is 4.94. The molecule has 4 rings (SSSR count). The predicted molar refractivity (Wildman–Crippen MR) is 125 cm³/mol. The van der Waals surface area contributed by atoms with E-state index >= 15 is 0 Å². The number of amides is 3. The van der Waals surface area contributed by atoms with Crippen molar-refractivity contribution in [2.75, 3.05) is 23.3 Å². The van der Waals surface area contributed by atoms with E-state index in [2.05, 4.69) is 30.4 Å². The maximum Gasteiger partial charge on any atom is 0.324 e. The quantitative estimate of drug-likeness (QED) is 0.610. The zero-order chi connectivity index (χ0) is 21.8. The minimum Gasteiger partial charge on any atom is -0.322 e. The van der Waals surface area contributed by atoms with Gasteiger partial charge >= 0.3 is 6.03 Å². The number of carbonyl (C=O) groups excluding carboxylic acids is 2. The van der Waals surface area contributed by atoms with Crippen molar-refractivity contribution < 1.29 is 9.59 Å². The molecule has 1 saturated heterocycles. The van der Waals surface area contributed by atoms with Crippen LogP contribution in [0.5, 0.6) is 0 Å². The van der Waals surface area contributed by atoms with Gasteiger partial charge in [0.1, 0.15) is 0 Å². The van der Waals surface area contributed by atoms with Crippen LogP contribution in [-0.2, 0) is 6.54 Å². The zero-order valence-corrected chi connectivity index (χ0v) is 18.0. The Morgan fingerprint density at radius 3 is 2.32 bits per heavy atom. The van der Waals surface area contributed by atoms with Gasteiger partial charge in [-0.2, -0.15) is 0 Å². The summed E-state index contributed by atoms with van der Waals surface area (Å²) in [6, 6.07) is 23.2. The fourth-order valence-electron chi connectivity index (χ4n) is 3.91. The van der Waals surface area contributed by atoms with Crippen molar-refractivity contribution in [1.82, 2.24) is 4.90 Å². The molecule has 0 saturated carbocycles. The molecule has 0 atom stereocenters. The highest BCUT2D eigenvalue weighted by molar-refractivity contribution is 6.04. The van der Waals surface area contributed by atoms with Crippen LogP contribution in [0.15, 0.2) is 72.8 Å². The SMILES string of the molecule is Cc1cccc(CN2CCCN(c3ccc(NC(=O)c4cccc(C)c4)cc3)C2=O)c1. The zero-order valence-electron chi connectivity index (χ0n) is 18.0. The molecule has 1 aliphatic rings. The van der Waals surface area contributed by atoms with Crippen molar-refractivity contribution in [3.8, 4) is 0 Å². The summed E-state index contributed by atoms with van der Waals surface area (Å²) in [4.78, 5) is 29.2. The number of anilines is 2. The largest absolute Gasteiger partial charge is 0.324 e. The lowest BCUT2D eigenvalue weighted by molar-refractivity contribution is 0.102. The number of rotatable bonds is 5. The molecule has 0 spiro atoms. The van der Waals surface area contributed by atoms with Crippen molar-refractivity contribution in [3.05, 3.63) is 95.1 Å². The first-order chi connectivity index (χ1) is 15.0. The topological polar surface area (TPSA) is 52.6 Å². The fraction of sp³-hybridized carbons (Fsp3) is 0.231. The summed E-state index contributed by atoms with van der Waals surface area (Å²) in [5.74, 6) is -0.144. The van der Waals surface area contributed by atoms with E-state index in [-0.39, 0.29) is 11.9 Å². The van der Waals surface area contributed by atoms with E-state index in [1.54, 1.807) is 6.07 Å². The number of carbonyl (C=O) groups is 2. The molecule has 0 unspecified atom stereocenters. The van der Waals surface area contributed by atoms with Crippen LogP contribution in [0.4, 0.5) is 16.2 Å². The second kappa shape index (κ2) is 9.04. The Morgan fingerprint density at radius 1 is 0.903 bits per heavy atom. The lowest BCUT2D eigenvalue weighted by Gasteiger charge is -2.35. The molecule has 1 aliphatic heterocycles. The predicted octanol–water partition coefficient (Wildman–Crippen LogP) is 5.39. The molecule has 3 amide bonds. The molecule has 1 fully saturated rings. The van der Waals surface area contributed by atoms with Crippen molar-refractivity contribution in [2.24, 2.45) is 0 Å². The van der Waals surface area contributed by atoms with Crippen LogP contribution >= 0.6 is 0 Å². The van der Waals surface area contributed by atoms with E-state index in [4.69, 9.17) is 0 Å². The van der Waals surface area contributed by atoms with E-state index < -0.39 is 0 Å². The number of hydrogen-bond acceptors (Lipinski definition) is 2. The minimum atomic E-state index is -0.144. The maximum atomic E-state index is 13.1. The second-order valence-electron chi connectivity index (χ2n) is 8.07. The Hall–Kier alpha value is -3.60. The molecular weight excluding hydrogens is 386 g/mol. The lowest BCUT2D eigenvalue weighted by atomic mass is 10.1. The molecule has 3 aromatic carbocycles. The highest BCUT2D eigenvalue weighted by Crippen LogP contribution is 2.24. The Morgan fingerprint density at radius 2 is 1.61 bits per heavy atom. The molecule has 0 aromatic heterocycles. The molecule has 1 heterocycles. The average Bonchev–Trinajstić information content (AvgIpc) is 2.76. The van der Waals surface area contributed by atoms with Crippen molar-refractivity contribution >= 4 is 23.3 Å². The van der Waals surface area contributed by atoms with Crippen molar-refractivity contribution in [1.29, 1.82) is 0 Å². The number of urea groups is 1. The molecule has 0 radical (unpaired) electrons. The van der Waals surface area contributed by atoms with Gasteiger partial charge in [0.05, 0.1) is 0 Å². The van der Waals surface area contributed by atoms with Crippen LogP contribution in [0.25, 0.3) is 0 Å². The molecule has 158 valence electrons. The van der Waals surface area contributed by atoms with Gasteiger partial charge in [0.25, 0.3) is 5.91 Å². The molecule has 0 aliphatic carbocycles. The molecule has 3 aromatic rings. The Balaban J connectivity index is 1.43. The molecule has 31 heavy (non-hydrogen) atoms. The van der Waals surface area contributed by atoms with Gasteiger partial charge in [-0.15, -0.1) is 0 Å². The van der Waals surface area contributed by atoms with Gasteiger partial charge in [-0.3, -0.25) is 9.69 Å². The lowest BCUT2D eigenvalue weighted by Crippen LogP contribution is -2.49. The van der Waals surface area contributed by atoms with Crippen molar-refractivity contribution in [2.45, 2.75) is 26.8 Å².